The van der Waals surface area contributed by atoms with E-state index in [2.05, 4.69) is 20.4 Å². The number of carbonyl (C=O) groups is 1. The first-order valence-electron chi connectivity index (χ1n) is 8.59. The number of hydrogen-bond acceptors (Lipinski definition) is 6. The Morgan fingerprint density at radius 3 is 2.93 bits per heavy atom. The lowest BCUT2D eigenvalue weighted by Gasteiger charge is -2.18. The summed E-state index contributed by atoms with van der Waals surface area (Å²) in [5, 5.41) is 8.13. The van der Waals surface area contributed by atoms with E-state index in [0.717, 1.165) is 0 Å². The smallest absolute Gasteiger partial charge is 0.243 e. The summed E-state index contributed by atoms with van der Waals surface area (Å²) in [7, 11) is -3.76. The van der Waals surface area contributed by atoms with E-state index in [1.54, 1.807) is 24.4 Å². The molecule has 11 heteroatoms. The average molecular weight is 421 g/mol. The molecule has 1 aliphatic heterocycles. The summed E-state index contributed by atoms with van der Waals surface area (Å²) in [4.78, 5) is 20.1. The highest BCUT2D eigenvalue weighted by atomic mass is 35.5. The van der Waals surface area contributed by atoms with Crippen molar-refractivity contribution in [3.63, 3.8) is 0 Å². The van der Waals surface area contributed by atoms with Crippen molar-refractivity contribution in [3.8, 4) is 0 Å². The number of halogens is 1. The minimum absolute atomic E-state index is 0.0369. The first-order valence-corrected chi connectivity index (χ1v) is 10.4. The molecule has 1 N–H and O–H groups in total. The number of benzene rings is 1. The number of rotatable bonds is 5. The van der Waals surface area contributed by atoms with E-state index in [1.165, 1.54) is 27.8 Å². The third-order valence-electron chi connectivity index (χ3n) is 4.60. The van der Waals surface area contributed by atoms with Gasteiger partial charge in [0.05, 0.1) is 9.92 Å². The highest BCUT2D eigenvalue weighted by Gasteiger charge is 2.34. The van der Waals surface area contributed by atoms with Gasteiger partial charge in [-0.1, -0.05) is 23.7 Å². The fourth-order valence-electron chi connectivity index (χ4n) is 3.31. The Labute approximate surface area is 166 Å². The summed E-state index contributed by atoms with van der Waals surface area (Å²) in [5.74, 6) is -0.242. The predicted molar refractivity (Wildman–Crippen MR) is 102 cm³/mol. The SMILES string of the molecule is O=C(Cn1cncn1)N[C@@H]1CCN(S(=O)(=O)c2cccc3cncc(Cl)c23)C1. The van der Waals surface area contributed by atoms with Crippen molar-refractivity contribution in [2.24, 2.45) is 0 Å². The molecule has 0 aliphatic carbocycles. The van der Waals surface area contributed by atoms with E-state index < -0.39 is 10.0 Å². The molecule has 1 saturated heterocycles. The van der Waals surface area contributed by atoms with E-state index in [9.17, 15) is 13.2 Å². The van der Waals surface area contributed by atoms with Gasteiger partial charge in [0.1, 0.15) is 19.2 Å². The van der Waals surface area contributed by atoms with Crippen LogP contribution in [-0.2, 0) is 21.4 Å². The maximum Gasteiger partial charge on any atom is 0.243 e. The molecule has 1 aliphatic rings. The third-order valence-corrected chi connectivity index (χ3v) is 6.80. The molecule has 0 bridgehead atoms. The van der Waals surface area contributed by atoms with Crippen molar-refractivity contribution in [2.45, 2.75) is 23.9 Å². The van der Waals surface area contributed by atoms with Crippen LogP contribution in [-0.4, -0.2) is 57.5 Å². The zero-order valence-corrected chi connectivity index (χ0v) is 16.3. The number of sulfonamides is 1. The Bertz CT molecular complexity index is 1110. The summed E-state index contributed by atoms with van der Waals surface area (Å²) in [6.07, 6.45) is 6.34. The molecule has 9 nitrogen and oxygen atoms in total. The molecule has 28 heavy (non-hydrogen) atoms. The largest absolute Gasteiger partial charge is 0.350 e. The Hall–Kier alpha value is -2.56. The second-order valence-electron chi connectivity index (χ2n) is 6.48. The fraction of sp³-hybridized carbons (Fsp3) is 0.294. The van der Waals surface area contributed by atoms with Crippen molar-refractivity contribution in [3.05, 3.63) is 48.3 Å². The van der Waals surface area contributed by atoms with Gasteiger partial charge in [0, 0.05) is 42.3 Å². The van der Waals surface area contributed by atoms with Gasteiger partial charge < -0.3 is 5.32 Å². The number of pyridine rings is 1. The summed E-state index contributed by atoms with van der Waals surface area (Å²) >= 11 is 6.22. The quantitative estimate of drug-likeness (QED) is 0.660. The highest BCUT2D eigenvalue weighted by Crippen LogP contribution is 2.32. The molecule has 1 amide bonds. The number of hydrogen-bond donors (Lipinski definition) is 1. The highest BCUT2D eigenvalue weighted by molar-refractivity contribution is 7.89. The van der Waals surface area contributed by atoms with E-state index in [4.69, 9.17) is 11.6 Å². The van der Waals surface area contributed by atoms with Crippen molar-refractivity contribution < 1.29 is 13.2 Å². The predicted octanol–water partition coefficient (Wildman–Crippen LogP) is 1.06. The van der Waals surface area contributed by atoms with Gasteiger partial charge >= 0.3 is 0 Å². The molecule has 1 atom stereocenters. The molecule has 1 aromatic carbocycles. The zero-order chi connectivity index (χ0) is 19.7. The van der Waals surface area contributed by atoms with E-state index in [1.807, 2.05) is 0 Å². The Morgan fingerprint density at radius 1 is 1.29 bits per heavy atom. The minimum atomic E-state index is -3.76. The average Bonchev–Trinajstić information content (AvgIpc) is 3.34. The van der Waals surface area contributed by atoms with Gasteiger partial charge in [-0.25, -0.2) is 18.1 Å². The van der Waals surface area contributed by atoms with Gasteiger partial charge in [0.25, 0.3) is 0 Å². The Morgan fingerprint density at radius 2 is 2.14 bits per heavy atom. The molecule has 1 fully saturated rings. The van der Waals surface area contributed by atoms with Crippen molar-refractivity contribution in [1.82, 2.24) is 29.4 Å². The lowest BCUT2D eigenvalue weighted by atomic mass is 10.2. The van der Waals surface area contributed by atoms with Crippen molar-refractivity contribution in [2.75, 3.05) is 13.1 Å². The second kappa shape index (κ2) is 7.46. The number of aromatic nitrogens is 4. The van der Waals surface area contributed by atoms with E-state index in [0.29, 0.717) is 23.7 Å². The Kier molecular flexibility index (Phi) is 5.00. The van der Waals surface area contributed by atoms with E-state index in [-0.39, 0.29) is 35.0 Å². The number of fused-ring (bicyclic) bond motifs is 1. The lowest BCUT2D eigenvalue weighted by molar-refractivity contribution is -0.122. The van der Waals surface area contributed by atoms with Gasteiger partial charge in [0.15, 0.2) is 0 Å². The standard InChI is InChI=1S/C17H17ClN6O3S/c18-14-7-19-6-12-2-1-3-15(17(12)14)28(26,27)24-5-4-13(8-24)22-16(25)9-23-11-20-10-21-23/h1-3,6-7,10-11,13H,4-5,8-9H2,(H,22,25)/t13-/m1/s1. The van der Waals surface area contributed by atoms with Crippen LogP contribution in [0.15, 0.2) is 48.1 Å². The minimum Gasteiger partial charge on any atom is -0.350 e. The maximum atomic E-state index is 13.2. The molecular weight excluding hydrogens is 404 g/mol. The zero-order valence-electron chi connectivity index (χ0n) is 14.7. The van der Waals surface area contributed by atoms with Crippen LogP contribution in [0.2, 0.25) is 5.02 Å². The topological polar surface area (TPSA) is 110 Å². The molecule has 146 valence electrons. The summed E-state index contributed by atoms with van der Waals surface area (Å²) in [6, 6.07) is 4.71. The van der Waals surface area contributed by atoms with Crippen LogP contribution in [0.4, 0.5) is 0 Å². The van der Waals surface area contributed by atoms with Gasteiger partial charge in [-0.15, -0.1) is 0 Å². The third kappa shape index (κ3) is 3.58. The van der Waals surface area contributed by atoms with Crippen LogP contribution in [0.1, 0.15) is 6.42 Å². The van der Waals surface area contributed by atoms with Gasteiger partial charge in [0.2, 0.25) is 15.9 Å². The lowest BCUT2D eigenvalue weighted by Crippen LogP contribution is -2.40. The Balaban J connectivity index is 1.51. The molecular formula is C17H17ClN6O3S. The molecule has 0 unspecified atom stereocenters. The number of carbonyl (C=O) groups excluding carboxylic acids is 1. The van der Waals surface area contributed by atoms with E-state index >= 15 is 0 Å². The van der Waals surface area contributed by atoms with Crippen LogP contribution >= 0.6 is 11.6 Å². The second-order valence-corrected chi connectivity index (χ2v) is 8.80. The molecule has 0 spiro atoms. The van der Waals surface area contributed by atoms with Gasteiger partial charge in [-0.2, -0.15) is 9.40 Å². The van der Waals surface area contributed by atoms with Crippen LogP contribution in [0, 0.1) is 0 Å². The first kappa shape index (κ1) is 18.8. The van der Waals surface area contributed by atoms with Crippen LogP contribution in [0.5, 0.6) is 0 Å². The molecule has 4 rings (SSSR count). The molecule has 3 heterocycles. The monoisotopic (exact) mass is 420 g/mol. The van der Waals surface area contributed by atoms with Gasteiger partial charge in [-0.05, 0) is 12.5 Å². The molecule has 0 radical (unpaired) electrons. The maximum absolute atomic E-state index is 13.2. The molecule has 3 aromatic rings. The molecule has 2 aromatic heterocycles. The first-order chi connectivity index (χ1) is 13.4. The summed E-state index contributed by atoms with van der Waals surface area (Å²) in [5.41, 5.74) is 0. The van der Waals surface area contributed by atoms with Crippen LogP contribution in [0.25, 0.3) is 10.8 Å². The van der Waals surface area contributed by atoms with Crippen LogP contribution in [0.3, 0.4) is 0 Å². The normalized spacial score (nSPS) is 17.8. The van der Waals surface area contributed by atoms with Crippen molar-refractivity contribution >= 4 is 38.3 Å². The van der Waals surface area contributed by atoms with Crippen LogP contribution < -0.4 is 5.32 Å². The number of nitrogens with zero attached hydrogens (tertiary/aromatic N) is 5. The number of nitrogens with one attached hydrogen (secondary N) is 1. The number of amides is 1. The fourth-order valence-corrected chi connectivity index (χ4v) is 5.37. The van der Waals surface area contributed by atoms with Crippen molar-refractivity contribution in [1.29, 1.82) is 0 Å². The van der Waals surface area contributed by atoms with Gasteiger partial charge in [-0.3, -0.25) is 9.78 Å². The summed E-state index contributed by atoms with van der Waals surface area (Å²) in [6.45, 7) is 0.551. The summed E-state index contributed by atoms with van der Waals surface area (Å²) < 4.78 is 29.2. The molecule has 0 saturated carbocycles.